The van der Waals surface area contributed by atoms with Crippen molar-refractivity contribution in [2.75, 3.05) is 25.5 Å². The van der Waals surface area contributed by atoms with E-state index in [0.29, 0.717) is 35.3 Å². The monoisotopic (exact) mass is 431 g/mol. The van der Waals surface area contributed by atoms with E-state index >= 15 is 0 Å². The summed E-state index contributed by atoms with van der Waals surface area (Å²) >= 11 is 0. The summed E-state index contributed by atoms with van der Waals surface area (Å²) in [5.41, 5.74) is 6.73. The van der Waals surface area contributed by atoms with Gasteiger partial charge in [-0.05, 0) is 38.8 Å². The van der Waals surface area contributed by atoms with E-state index in [2.05, 4.69) is 10.3 Å². The van der Waals surface area contributed by atoms with E-state index in [9.17, 15) is 19.8 Å². The first-order valence-corrected chi connectivity index (χ1v) is 10.3. The minimum Gasteiger partial charge on any atom is -0.491 e. The van der Waals surface area contributed by atoms with E-state index in [1.54, 1.807) is 26.8 Å². The molecule has 0 spiro atoms. The highest BCUT2D eigenvalue weighted by Crippen LogP contribution is 2.37. The van der Waals surface area contributed by atoms with Crippen molar-refractivity contribution in [3.05, 3.63) is 29.0 Å². The number of anilines is 1. The third kappa shape index (κ3) is 5.25. The molecule has 0 aliphatic heterocycles. The molecule has 0 atom stereocenters. The molecular weight excluding hydrogens is 398 g/mol. The number of nitrogens with one attached hydrogen (secondary N) is 1. The van der Waals surface area contributed by atoms with Crippen LogP contribution in [0.3, 0.4) is 0 Å². The second kappa shape index (κ2) is 9.09. The van der Waals surface area contributed by atoms with Crippen LogP contribution in [0.2, 0.25) is 0 Å². The molecule has 2 rings (SSSR count). The van der Waals surface area contributed by atoms with E-state index < -0.39 is 16.8 Å². The van der Waals surface area contributed by atoms with Crippen molar-refractivity contribution in [3.8, 4) is 5.75 Å². The molecule has 5 N–H and O–H groups in total. The number of carboxylic acids is 1. The Morgan fingerprint density at radius 2 is 1.87 bits per heavy atom. The van der Waals surface area contributed by atoms with E-state index in [0.717, 1.165) is 5.56 Å². The number of benzene rings is 1. The highest BCUT2D eigenvalue weighted by molar-refractivity contribution is 6.07. The predicted molar refractivity (Wildman–Crippen MR) is 120 cm³/mol. The first-order chi connectivity index (χ1) is 14.3. The average molecular weight is 432 g/mol. The minimum atomic E-state index is -1.15. The number of aliphatic hydroxyl groups excluding tert-OH is 1. The molecule has 31 heavy (non-hydrogen) atoms. The zero-order chi connectivity index (χ0) is 23.6. The molecule has 2 aromatic rings. The first kappa shape index (κ1) is 24.4. The number of carbonyl (C=O) groups is 2. The average Bonchev–Trinajstić information content (AvgIpc) is 2.69. The summed E-state index contributed by atoms with van der Waals surface area (Å²) < 4.78 is 6.12. The molecular formula is C23H33N3O5. The molecule has 0 bridgehead atoms. The maximum absolute atomic E-state index is 12.7. The standard InChI is InChI=1S/C23H33N3O5/c1-7-14-8-9-15-17(18(24)16(20(28)29)13(2)26-15)19(14)31-12-23(5,6)21(30)25-10-22(3,4)11-27/h8-9,27H,7,10-12H2,1-6H3,(H2,24,26)(H,25,30)(H,28,29). The molecule has 0 saturated heterocycles. The van der Waals surface area contributed by atoms with Crippen LogP contribution in [0, 0.1) is 17.8 Å². The normalized spacial score (nSPS) is 12.1. The third-order valence-corrected chi connectivity index (χ3v) is 5.35. The quantitative estimate of drug-likeness (QED) is 0.479. The van der Waals surface area contributed by atoms with Crippen molar-refractivity contribution in [2.45, 2.75) is 48.0 Å². The highest BCUT2D eigenvalue weighted by atomic mass is 16.5. The van der Waals surface area contributed by atoms with Gasteiger partial charge in [-0.2, -0.15) is 0 Å². The number of nitrogen functional groups attached to an aromatic ring is 1. The van der Waals surface area contributed by atoms with Crippen molar-refractivity contribution < 1.29 is 24.5 Å². The van der Waals surface area contributed by atoms with E-state index in [4.69, 9.17) is 10.5 Å². The van der Waals surface area contributed by atoms with Gasteiger partial charge in [0.1, 0.15) is 17.9 Å². The fraction of sp³-hybridized carbons (Fsp3) is 0.522. The van der Waals surface area contributed by atoms with Crippen LogP contribution < -0.4 is 15.8 Å². The second-order valence-electron chi connectivity index (χ2n) is 9.27. The van der Waals surface area contributed by atoms with Gasteiger partial charge in [0.25, 0.3) is 0 Å². The summed E-state index contributed by atoms with van der Waals surface area (Å²) in [5.74, 6) is -0.909. The van der Waals surface area contributed by atoms with Crippen molar-refractivity contribution in [1.29, 1.82) is 0 Å². The van der Waals surface area contributed by atoms with Crippen LogP contribution in [-0.4, -0.2) is 46.8 Å². The molecule has 0 aliphatic carbocycles. The molecule has 1 amide bonds. The smallest absolute Gasteiger partial charge is 0.339 e. The van der Waals surface area contributed by atoms with Crippen LogP contribution in [0.4, 0.5) is 5.69 Å². The Hall–Kier alpha value is -2.87. The van der Waals surface area contributed by atoms with Crippen molar-refractivity contribution in [2.24, 2.45) is 10.8 Å². The number of pyridine rings is 1. The summed E-state index contributed by atoms with van der Waals surface area (Å²) in [6.07, 6.45) is 0.637. The lowest BCUT2D eigenvalue weighted by atomic mass is 9.91. The van der Waals surface area contributed by atoms with Gasteiger partial charge in [-0.25, -0.2) is 4.79 Å². The molecule has 8 heteroatoms. The first-order valence-electron chi connectivity index (χ1n) is 10.3. The van der Waals surface area contributed by atoms with Crippen LogP contribution in [-0.2, 0) is 11.2 Å². The lowest BCUT2D eigenvalue weighted by Crippen LogP contribution is -2.45. The summed E-state index contributed by atoms with van der Waals surface area (Å²) in [6, 6.07) is 3.67. The fourth-order valence-electron chi connectivity index (χ4n) is 3.17. The number of amides is 1. The van der Waals surface area contributed by atoms with Crippen LogP contribution in [0.1, 0.15) is 56.2 Å². The molecule has 8 nitrogen and oxygen atoms in total. The largest absolute Gasteiger partial charge is 0.491 e. The van der Waals surface area contributed by atoms with Crippen LogP contribution in [0.5, 0.6) is 5.75 Å². The summed E-state index contributed by atoms with van der Waals surface area (Å²) in [6.45, 7) is 11.2. The van der Waals surface area contributed by atoms with Gasteiger partial charge in [0, 0.05) is 18.6 Å². The minimum absolute atomic E-state index is 0.0440. The van der Waals surface area contributed by atoms with Gasteiger partial charge >= 0.3 is 5.97 Å². The van der Waals surface area contributed by atoms with Gasteiger partial charge in [-0.3, -0.25) is 9.78 Å². The third-order valence-electron chi connectivity index (χ3n) is 5.35. The molecule has 0 radical (unpaired) electrons. The molecule has 170 valence electrons. The zero-order valence-electron chi connectivity index (χ0n) is 19.1. The Kier molecular flexibility index (Phi) is 7.16. The Labute approximate surface area is 182 Å². The van der Waals surface area contributed by atoms with E-state index in [-0.39, 0.29) is 30.4 Å². The Morgan fingerprint density at radius 3 is 2.42 bits per heavy atom. The fourth-order valence-corrected chi connectivity index (χ4v) is 3.17. The van der Waals surface area contributed by atoms with E-state index in [1.165, 1.54) is 0 Å². The maximum atomic E-state index is 12.7. The number of hydrogen-bond acceptors (Lipinski definition) is 6. The number of carbonyl (C=O) groups excluding carboxylic acids is 1. The molecule has 0 unspecified atom stereocenters. The SMILES string of the molecule is CCc1ccc2nc(C)c(C(=O)O)c(N)c2c1OCC(C)(C)C(=O)NCC(C)(C)CO. The number of carboxylic acid groups (broad SMARTS) is 1. The lowest BCUT2D eigenvalue weighted by molar-refractivity contribution is -0.131. The topological polar surface area (TPSA) is 135 Å². The number of nitrogens with zero attached hydrogens (tertiary/aromatic N) is 1. The summed E-state index contributed by atoms with van der Waals surface area (Å²) in [7, 11) is 0. The Morgan fingerprint density at radius 1 is 1.23 bits per heavy atom. The number of aliphatic hydroxyl groups is 1. The second-order valence-corrected chi connectivity index (χ2v) is 9.27. The molecule has 1 aromatic carbocycles. The van der Waals surface area contributed by atoms with Gasteiger partial charge in [0.2, 0.25) is 5.91 Å². The summed E-state index contributed by atoms with van der Waals surface area (Å²) in [5, 5.41) is 22.3. The van der Waals surface area contributed by atoms with Gasteiger partial charge in [0.05, 0.1) is 27.7 Å². The number of ether oxygens (including phenoxy) is 1. The predicted octanol–water partition coefficient (Wildman–Crippen LogP) is 2.93. The van der Waals surface area contributed by atoms with Crippen molar-refractivity contribution in [3.63, 3.8) is 0 Å². The summed E-state index contributed by atoms with van der Waals surface area (Å²) in [4.78, 5) is 28.8. The molecule has 0 saturated carbocycles. The Balaban J connectivity index is 2.40. The van der Waals surface area contributed by atoms with Gasteiger partial charge in [-0.15, -0.1) is 0 Å². The number of hydrogen-bond donors (Lipinski definition) is 4. The highest BCUT2D eigenvalue weighted by Gasteiger charge is 2.31. The van der Waals surface area contributed by atoms with Crippen LogP contribution in [0.25, 0.3) is 10.9 Å². The van der Waals surface area contributed by atoms with E-state index in [1.807, 2.05) is 26.8 Å². The zero-order valence-corrected chi connectivity index (χ0v) is 19.1. The number of aryl methyl sites for hydroxylation is 2. The number of aromatic nitrogens is 1. The van der Waals surface area contributed by atoms with Crippen LogP contribution in [0.15, 0.2) is 12.1 Å². The number of fused-ring (bicyclic) bond motifs is 1. The van der Waals surface area contributed by atoms with Crippen molar-refractivity contribution in [1.82, 2.24) is 10.3 Å². The van der Waals surface area contributed by atoms with Gasteiger partial charge in [0.15, 0.2) is 0 Å². The van der Waals surface area contributed by atoms with Crippen molar-refractivity contribution >= 4 is 28.5 Å². The number of rotatable bonds is 9. The molecule has 0 fully saturated rings. The molecule has 0 aliphatic rings. The Bertz CT molecular complexity index is 999. The number of aromatic carboxylic acids is 1. The number of nitrogens with two attached hydrogens (primary N) is 1. The molecule has 1 aromatic heterocycles. The maximum Gasteiger partial charge on any atom is 0.339 e. The molecule has 1 heterocycles. The van der Waals surface area contributed by atoms with Gasteiger partial charge in [-0.1, -0.05) is 26.8 Å². The van der Waals surface area contributed by atoms with Crippen LogP contribution >= 0.6 is 0 Å². The van der Waals surface area contributed by atoms with Gasteiger partial charge < -0.3 is 26.0 Å². The lowest BCUT2D eigenvalue weighted by Gasteiger charge is -2.28.